The minimum Gasteiger partial charge on any atom is -0.314 e. The first-order valence-electron chi connectivity index (χ1n) is 8.46. The molecule has 1 N–H and O–H groups in total. The second-order valence-corrected chi connectivity index (χ2v) is 7.55. The summed E-state index contributed by atoms with van der Waals surface area (Å²) in [4.78, 5) is 0. The van der Waals surface area contributed by atoms with Crippen molar-refractivity contribution in [2.45, 2.75) is 65.3 Å². The molecule has 21 heavy (non-hydrogen) atoms. The van der Waals surface area contributed by atoms with Crippen LogP contribution in [0, 0.1) is 11.8 Å². The molecule has 1 saturated carbocycles. The van der Waals surface area contributed by atoms with E-state index in [1.807, 2.05) is 0 Å². The maximum Gasteiger partial charge on any atom is 0.0766 e. The highest BCUT2D eigenvalue weighted by molar-refractivity contribution is 9.10. The van der Waals surface area contributed by atoms with E-state index in [4.69, 9.17) is 0 Å². The van der Waals surface area contributed by atoms with Crippen LogP contribution in [0.2, 0.25) is 0 Å². The van der Waals surface area contributed by atoms with E-state index in [1.165, 1.54) is 41.5 Å². The van der Waals surface area contributed by atoms with Gasteiger partial charge in [-0.3, -0.25) is 4.68 Å². The van der Waals surface area contributed by atoms with Gasteiger partial charge in [0.05, 0.1) is 15.9 Å². The van der Waals surface area contributed by atoms with Gasteiger partial charge in [-0.1, -0.05) is 46.5 Å². The maximum atomic E-state index is 4.65. The van der Waals surface area contributed by atoms with Crippen molar-refractivity contribution in [3.05, 3.63) is 15.9 Å². The Balaban J connectivity index is 2.11. The number of hydrogen-bond donors (Lipinski definition) is 1. The van der Waals surface area contributed by atoms with Gasteiger partial charge in [-0.25, -0.2) is 0 Å². The van der Waals surface area contributed by atoms with E-state index >= 15 is 0 Å². The Morgan fingerprint density at radius 3 is 2.52 bits per heavy atom. The maximum absolute atomic E-state index is 4.65. The van der Waals surface area contributed by atoms with Gasteiger partial charge in [0.25, 0.3) is 0 Å². The molecule has 0 amide bonds. The van der Waals surface area contributed by atoms with Gasteiger partial charge in [0.1, 0.15) is 0 Å². The van der Waals surface area contributed by atoms with Crippen molar-refractivity contribution >= 4 is 15.9 Å². The second-order valence-electron chi connectivity index (χ2n) is 6.76. The first kappa shape index (κ1) is 17.0. The van der Waals surface area contributed by atoms with Crippen LogP contribution in [0.4, 0.5) is 0 Å². The summed E-state index contributed by atoms with van der Waals surface area (Å²) in [6, 6.07) is 0.565. The Bertz CT molecular complexity index is 447. The van der Waals surface area contributed by atoms with Crippen molar-refractivity contribution in [3.8, 4) is 0 Å². The minimum absolute atomic E-state index is 0.565. The molecule has 1 aromatic rings. The van der Waals surface area contributed by atoms with Crippen molar-refractivity contribution in [1.29, 1.82) is 0 Å². The van der Waals surface area contributed by atoms with E-state index in [2.05, 4.69) is 58.8 Å². The molecule has 3 nitrogen and oxygen atoms in total. The topological polar surface area (TPSA) is 29.9 Å². The molecule has 0 saturated heterocycles. The fourth-order valence-electron chi connectivity index (χ4n) is 3.51. The molecule has 1 fully saturated rings. The molecule has 1 aromatic heterocycles. The summed E-state index contributed by atoms with van der Waals surface area (Å²) in [6.07, 6.45) is 7.76. The summed E-state index contributed by atoms with van der Waals surface area (Å²) in [7, 11) is 2.08. The number of nitrogens with zero attached hydrogens (tertiary/aromatic N) is 2. The van der Waals surface area contributed by atoms with E-state index in [0.29, 0.717) is 6.04 Å². The molecule has 0 radical (unpaired) electrons. The summed E-state index contributed by atoms with van der Waals surface area (Å²) in [5.41, 5.74) is 2.56. The molecular weight excluding hydrogens is 326 g/mol. The van der Waals surface area contributed by atoms with E-state index in [-0.39, 0.29) is 0 Å². The molecule has 0 spiro atoms. The highest BCUT2D eigenvalue weighted by Crippen LogP contribution is 2.34. The summed E-state index contributed by atoms with van der Waals surface area (Å²) in [6.45, 7) is 7.77. The SMILES string of the molecule is CCc1nn(C)c(CC(CNC(C)C)C2CCCC2)c1Br. The number of halogens is 1. The fourth-order valence-corrected chi connectivity index (χ4v) is 4.29. The first-order chi connectivity index (χ1) is 10.0. The Kier molecular flexibility index (Phi) is 6.30. The lowest BCUT2D eigenvalue weighted by molar-refractivity contribution is 0.307. The van der Waals surface area contributed by atoms with Gasteiger partial charge in [0.15, 0.2) is 0 Å². The van der Waals surface area contributed by atoms with Gasteiger partial charge in [-0.2, -0.15) is 5.10 Å². The highest BCUT2D eigenvalue weighted by atomic mass is 79.9. The minimum atomic E-state index is 0.565. The lowest BCUT2D eigenvalue weighted by Gasteiger charge is -2.25. The predicted molar refractivity (Wildman–Crippen MR) is 92.6 cm³/mol. The molecule has 1 unspecified atom stereocenters. The van der Waals surface area contributed by atoms with Gasteiger partial charge >= 0.3 is 0 Å². The first-order valence-corrected chi connectivity index (χ1v) is 9.25. The van der Waals surface area contributed by atoms with Gasteiger partial charge < -0.3 is 5.32 Å². The number of nitrogens with one attached hydrogen (secondary N) is 1. The summed E-state index contributed by atoms with van der Waals surface area (Å²) < 4.78 is 3.32. The van der Waals surface area contributed by atoms with E-state index < -0.39 is 0 Å². The van der Waals surface area contributed by atoms with Crippen molar-refractivity contribution in [2.75, 3.05) is 6.54 Å². The largest absolute Gasteiger partial charge is 0.314 e. The van der Waals surface area contributed by atoms with Crippen LogP contribution < -0.4 is 5.32 Å². The van der Waals surface area contributed by atoms with Gasteiger partial charge in [-0.05, 0) is 47.2 Å². The molecule has 120 valence electrons. The van der Waals surface area contributed by atoms with Crippen molar-refractivity contribution < 1.29 is 0 Å². The summed E-state index contributed by atoms with van der Waals surface area (Å²) in [5.74, 6) is 1.61. The third-order valence-electron chi connectivity index (χ3n) is 4.81. The summed E-state index contributed by atoms with van der Waals surface area (Å²) >= 11 is 3.78. The zero-order chi connectivity index (χ0) is 15.4. The Hall–Kier alpha value is -0.350. The smallest absolute Gasteiger partial charge is 0.0766 e. The number of aryl methyl sites for hydroxylation is 2. The van der Waals surface area contributed by atoms with Crippen LogP contribution in [0.25, 0.3) is 0 Å². The fraction of sp³-hybridized carbons (Fsp3) is 0.824. The average Bonchev–Trinajstić information content (AvgIpc) is 3.05. The number of rotatable bonds is 7. The molecule has 1 aliphatic rings. The Morgan fingerprint density at radius 2 is 2.00 bits per heavy atom. The van der Waals surface area contributed by atoms with Crippen molar-refractivity contribution in [2.24, 2.45) is 18.9 Å². The van der Waals surface area contributed by atoms with Crippen LogP contribution in [-0.4, -0.2) is 22.4 Å². The predicted octanol–water partition coefficient (Wildman–Crippen LogP) is 4.09. The zero-order valence-corrected chi connectivity index (χ0v) is 15.5. The molecule has 2 rings (SSSR count). The van der Waals surface area contributed by atoms with Gasteiger partial charge in [0, 0.05) is 13.1 Å². The lowest BCUT2D eigenvalue weighted by atomic mass is 9.86. The van der Waals surface area contributed by atoms with Gasteiger partial charge in [0.2, 0.25) is 0 Å². The third kappa shape index (κ3) is 4.32. The van der Waals surface area contributed by atoms with Crippen LogP contribution in [0.15, 0.2) is 4.47 Å². The van der Waals surface area contributed by atoms with Crippen LogP contribution in [0.3, 0.4) is 0 Å². The molecule has 4 heteroatoms. The number of aromatic nitrogens is 2. The zero-order valence-electron chi connectivity index (χ0n) is 14.0. The van der Waals surface area contributed by atoms with Crippen LogP contribution in [0.5, 0.6) is 0 Å². The molecule has 0 aliphatic heterocycles. The van der Waals surface area contributed by atoms with Crippen LogP contribution >= 0.6 is 15.9 Å². The molecule has 1 heterocycles. The molecule has 1 atom stereocenters. The number of hydrogen-bond acceptors (Lipinski definition) is 2. The van der Waals surface area contributed by atoms with Crippen LogP contribution in [0.1, 0.15) is 57.8 Å². The van der Waals surface area contributed by atoms with E-state index in [9.17, 15) is 0 Å². The monoisotopic (exact) mass is 355 g/mol. The standard InChI is InChI=1S/C17H30BrN3/c1-5-15-17(18)16(21(4)20-15)10-14(11-19-12(2)3)13-8-6-7-9-13/h12-14,19H,5-11H2,1-4H3. The second kappa shape index (κ2) is 7.77. The summed E-state index contributed by atoms with van der Waals surface area (Å²) in [5, 5.41) is 8.31. The molecular formula is C17H30BrN3. The third-order valence-corrected chi connectivity index (χ3v) is 5.73. The van der Waals surface area contributed by atoms with Gasteiger partial charge in [-0.15, -0.1) is 0 Å². The molecule has 1 aliphatic carbocycles. The van der Waals surface area contributed by atoms with E-state index in [1.54, 1.807) is 0 Å². The highest BCUT2D eigenvalue weighted by Gasteiger charge is 2.27. The molecule has 0 bridgehead atoms. The quantitative estimate of drug-likeness (QED) is 0.797. The van der Waals surface area contributed by atoms with Crippen LogP contribution in [-0.2, 0) is 19.9 Å². The lowest BCUT2D eigenvalue weighted by Crippen LogP contribution is -2.33. The Labute approximate surface area is 138 Å². The average molecular weight is 356 g/mol. The van der Waals surface area contributed by atoms with Crippen molar-refractivity contribution in [1.82, 2.24) is 15.1 Å². The Morgan fingerprint density at radius 1 is 1.33 bits per heavy atom. The van der Waals surface area contributed by atoms with Crippen molar-refractivity contribution in [3.63, 3.8) is 0 Å². The normalized spacial score (nSPS) is 17.8. The van der Waals surface area contributed by atoms with E-state index in [0.717, 1.165) is 31.2 Å². The molecule has 0 aromatic carbocycles.